The van der Waals surface area contributed by atoms with Crippen molar-refractivity contribution in [2.45, 2.75) is 18.8 Å². The highest BCUT2D eigenvalue weighted by Crippen LogP contribution is 2.42. The molecule has 1 heterocycles. The van der Waals surface area contributed by atoms with Crippen LogP contribution >= 0.6 is 0 Å². The van der Waals surface area contributed by atoms with E-state index in [1.165, 1.54) is 12.1 Å². The quantitative estimate of drug-likeness (QED) is 0.779. The smallest absolute Gasteiger partial charge is 0.358 e. The molecule has 1 aliphatic carbocycles. The molecule has 0 unspecified atom stereocenters. The highest BCUT2D eigenvalue weighted by Gasteiger charge is 2.34. The van der Waals surface area contributed by atoms with Gasteiger partial charge in [-0.2, -0.15) is 5.26 Å². The average Bonchev–Trinajstić information content (AvgIpc) is 3.39. The van der Waals surface area contributed by atoms with Crippen LogP contribution in [0.1, 0.15) is 40.5 Å². The molecule has 0 amide bonds. The maximum absolute atomic E-state index is 13.8. The van der Waals surface area contributed by atoms with E-state index in [0.717, 1.165) is 18.4 Å². The number of carboxylic acids is 1. The molecule has 0 bridgehead atoms. The number of aromatic nitrogens is 3. The van der Waals surface area contributed by atoms with Crippen molar-refractivity contribution < 1.29 is 14.3 Å². The normalized spacial score (nSPS) is 13.4. The average molecular weight is 348 g/mol. The summed E-state index contributed by atoms with van der Waals surface area (Å²) in [7, 11) is 0. The van der Waals surface area contributed by atoms with E-state index >= 15 is 0 Å². The van der Waals surface area contributed by atoms with Gasteiger partial charge >= 0.3 is 5.97 Å². The Balaban J connectivity index is 1.70. The Morgan fingerprint density at radius 3 is 2.46 bits per heavy atom. The van der Waals surface area contributed by atoms with Crippen LogP contribution in [0.5, 0.6) is 0 Å². The van der Waals surface area contributed by atoms with Crippen molar-refractivity contribution in [3.8, 4) is 22.9 Å². The maximum Gasteiger partial charge on any atom is 0.358 e. The molecule has 0 saturated heterocycles. The molecular formula is C19H13FN4O2. The van der Waals surface area contributed by atoms with Crippen LogP contribution in [-0.2, 0) is 0 Å². The SMILES string of the molecule is N#Cc1ccc(-c2ccc(-n3nnc(C(=O)O)c3C3CC3)cc2)cc1F. The fourth-order valence-electron chi connectivity index (χ4n) is 2.94. The molecule has 0 radical (unpaired) electrons. The van der Waals surface area contributed by atoms with Gasteiger partial charge in [0, 0.05) is 5.92 Å². The van der Waals surface area contributed by atoms with Gasteiger partial charge in [-0.3, -0.25) is 0 Å². The lowest BCUT2D eigenvalue weighted by molar-refractivity contribution is 0.0689. The molecule has 0 spiro atoms. The number of hydrogen-bond acceptors (Lipinski definition) is 4. The second-order valence-corrected chi connectivity index (χ2v) is 6.17. The highest BCUT2D eigenvalue weighted by molar-refractivity contribution is 5.87. The second-order valence-electron chi connectivity index (χ2n) is 6.17. The predicted molar refractivity (Wildman–Crippen MR) is 90.4 cm³/mol. The van der Waals surface area contributed by atoms with Crippen molar-refractivity contribution >= 4 is 5.97 Å². The number of carboxylic acid groups (broad SMARTS) is 1. The number of hydrogen-bond donors (Lipinski definition) is 1. The van der Waals surface area contributed by atoms with E-state index in [2.05, 4.69) is 10.3 Å². The summed E-state index contributed by atoms with van der Waals surface area (Å²) in [6.07, 6.45) is 1.85. The van der Waals surface area contributed by atoms with Crippen LogP contribution in [0.3, 0.4) is 0 Å². The summed E-state index contributed by atoms with van der Waals surface area (Å²) in [5, 5.41) is 25.9. The van der Waals surface area contributed by atoms with E-state index in [0.29, 0.717) is 16.9 Å². The first-order chi connectivity index (χ1) is 12.6. The minimum absolute atomic E-state index is 0.00302. The predicted octanol–water partition coefficient (Wildman–Crippen LogP) is 3.52. The van der Waals surface area contributed by atoms with Gasteiger partial charge in [0.1, 0.15) is 11.9 Å². The summed E-state index contributed by atoms with van der Waals surface area (Å²) in [6, 6.07) is 13.4. The molecular weight excluding hydrogens is 335 g/mol. The van der Waals surface area contributed by atoms with Crippen LogP contribution in [0.15, 0.2) is 42.5 Å². The number of nitrogens with zero attached hydrogens (tertiary/aromatic N) is 4. The lowest BCUT2D eigenvalue weighted by Gasteiger charge is -2.08. The summed E-state index contributed by atoms with van der Waals surface area (Å²) < 4.78 is 15.4. The molecule has 3 aromatic rings. The first-order valence-corrected chi connectivity index (χ1v) is 8.08. The fourth-order valence-corrected chi connectivity index (χ4v) is 2.94. The Bertz CT molecular complexity index is 1050. The molecule has 0 atom stereocenters. The van der Waals surface area contributed by atoms with Gasteiger partial charge in [0.15, 0.2) is 5.69 Å². The van der Waals surface area contributed by atoms with E-state index in [-0.39, 0.29) is 17.2 Å². The summed E-state index contributed by atoms with van der Waals surface area (Å²) in [5.74, 6) is -1.47. The molecule has 1 N–H and O–H groups in total. The van der Waals surface area contributed by atoms with Crippen molar-refractivity contribution in [2.24, 2.45) is 0 Å². The minimum atomic E-state index is -1.08. The molecule has 1 aromatic heterocycles. The van der Waals surface area contributed by atoms with Crippen LogP contribution in [0, 0.1) is 17.1 Å². The molecule has 6 nitrogen and oxygen atoms in total. The van der Waals surface area contributed by atoms with Crippen LogP contribution in [0.2, 0.25) is 0 Å². The van der Waals surface area contributed by atoms with Gasteiger partial charge in [-0.1, -0.05) is 23.4 Å². The number of halogens is 1. The molecule has 1 fully saturated rings. The molecule has 0 aliphatic heterocycles. The number of nitriles is 1. The largest absolute Gasteiger partial charge is 0.476 e. The zero-order valence-electron chi connectivity index (χ0n) is 13.6. The Labute approximate surface area is 148 Å². The standard InChI is InChI=1S/C19H13FN4O2/c20-16-9-13(3-4-14(16)10-21)11-5-7-15(8-6-11)24-18(12-1-2-12)17(19(25)26)22-23-24/h3-9,12H,1-2H2,(H,25,26). The zero-order chi connectivity index (χ0) is 18.3. The van der Waals surface area contributed by atoms with Crippen molar-refractivity contribution in [3.05, 3.63) is 65.2 Å². The van der Waals surface area contributed by atoms with E-state index in [1.807, 2.05) is 0 Å². The van der Waals surface area contributed by atoms with Crippen molar-refractivity contribution in [2.75, 3.05) is 0 Å². The van der Waals surface area contributed by atoms with Crippen LogP contribution < -0.4 is 0 Å². The molecule has 26 heavy (non-hydrogen) atoms. The third kappa shape index (κ3) is 2.71. The van der Waals surface area contributed by atoms with Crippen molar-refractivity contribution in [1.29, 1.82) is 5.26 Å². The van der Waals surface area contributed by atoms with Crippen molar-refractivity contribution in [3.63, 3.8) is 0 Å². The zero-order valence-corrected chi connectivity index (χ0v) is 13.6. The van der Waals surface area contributed by atoms with E-state index < -0.39 is 11.8 Å². The van der Waals surface area contributed by atoms with Crippen LogP contribution in [0.4, 0.5) is 4.39 Å². The Hall–Kier alpha value is -3.53. The Kier molecular flexibility index (Phi) is 3.73. The summed E-state index contributed by atoms with van der Waals surface area (Å²) in [6.45, 7) is 0. The van der Waals surface area contributed by atoms with Gasteiger partial charge < -0.3 is 5.11 Å². The molecule has 2 aromatic carbocycles. The monoisotopic (exact) mass is 348 g/mol. The van der Waals surface area contributed by atoms with Crippen LogP contribution in [-0.4, -0.2) is 26.1 Å². The van der Waals surface area contributed by atoms with Crippen molar-refractivity contribution in [1.82, 2.24) is 15.0 Å². The number of aromatic carboxylic acids is 1. The van der Waals surface area contributed by atoms with Gasteiger partial charge in [-0.15, -0.1) is 5.10 Å². The Morgan fingerprint density at radius 2 is 1.88 bits per heavy atom. The van der Waals surface area contributed by atoms with Gasteiger partial charge in [-0.05, 0) is 48.2 Å². The van der Waals surface area contributed by atoms with E-state index in [4.69, 9.17) is 5.26 Å². The third-order valence-corrected chi connectivity index (χ3v) is 4.41. The molecule has 1 aliphatic rings. The van der Waals surface area contributed by atoms with E-state index in [9.17, 15) is 14.3 Å². The molecule has 4 rings (SSSR count). The van der Waals surface area contributed by atoms with E-state index in [1.54, 1.807) is 41.1 Å². The Morgan fingerprint density at radius 1 is 1.19 bits per heavy atom. The van der Waals surface area contributed by atoms with Gasteiger partial charge in [0.25, 0.3) is 0 Å². The lowest BCUT2D eigenvalue weighted by atomic mass is 10.0. The van der Waals surface area contributed by atoms with Crippen LogP contribution in [0.25, 0.3) is 16.8 Å². The fraction of sp³-hybridized carbons (Fsp3) is 0.158. The first kappa shape index (κ1) is 16.0. The molecule has 128 valence electrons. The molecule has 7 heteroatoms. The first-order valence-electron chi connectivity index (χ1n) is 8.08. The number of benzene rings is 2. The summed E-state index contributed by atoms with van der Waals surface area (Å²) >= 11 is 0. The lowest BCUT2D eigenvalue weighted by Crippen LogP contribution is -2.05. The van der Waals surface area contributed by atoms with Gasteiger partial charge in [-0.25, -0.2) is 13.9 Å². The van der Waals surface area contributed by atoms with Gasteiger partial charge in [0.05, 0.1) is 16.9 Å². The van der Waals surface area contributed by atoms with Gasteiger partial charge in [0.2, 0.25) is 0 Å². The summed E-state index contributed by atoms with van der Waals surface area (Å²) in [4.78, 5) is 11.3. The number of rotatable bonds is 4. The summed E-state index contributed by atoms with van der Waals surface area (Å²) in [5.41, 5.74) is 2.75. The maximum atomic E-state index is 13.8. The third-order valence-electron chi connectivity index (χ3n) is 4.41. The minimum Gasteiger partial charge on any atom is -0.476 e. The second kappa shape index (κ2) is 6.08. The molecule has 1 saturated carbocycles. The highest BCUT2D eigenvalue weighted by atomic mass is 19.1. The topological polar surface area (TPSA) is 91.8 Å². The number of carbonyl (C=O) groups is 1.